The van der Waals surface area contributed by atoms with Gasteiger partial charge in [-0.05, 0) is 97.8 Å². The van der Waals surface area contributed by atoms with Crippen molar-refractivity contribution in [2.75, 3.05) is 13.1 Å². The fourth-order valence-corrected chi connectivity index (χ4v) is 7.73. The van der Waals surface area contributed by atoms with Crippen molar-refractivity contribution in [3.05, 3.63) is 143 Å². The molecule has 0 bridgehead atoms. The Kier molecular flexibility index (Phi) is 12.6. The van der Waals surface area contributed by atoms with Crippen LogP contribution in [0.4, 0.5) is 0 Å². The maximum absolute atomic E-state index is 13.4. The van der Waals surface area contributed by atoms with Crippen molar-refractivity contribution in [1.82, 2.24) is 29.7 Å². The molecule has 5 aromatic carbocycles. The van der Waals surface area contributed by atoms with Crippen LogP contribution in [0.2, 0.25) is 0 Å². The number of fused-ring (bicyclic) bond motifs is 2. The minimum Gasteiger partial charge on any atom is -0.352 e. The number of nitrogens with zero attached hydrogens (tertiary/aromatic N) is 4. The van der Waals surface area contributed by atoms with E-state index >= 15 is 0 Å². The Labute approximate surface area is 336 Å². The van der Waals surface area contributed by atoms with Gasteiger partial charge in [-0.1, -0.05) is 105 Å². The van der Waals surface area contributed by atoms with Crippen molar-refractivity contribution < 1.29 is 9.59 Å². The summed E-state index contributed by atoms with van der Waals surface area (Å²) in [5, 5.41) is 6.17. The van der Waals surface area contributed by atoms with Crippen LogP contribution >= 0.6 is 0 Å². The van der Waals surface area contributed by atoms with E-state index in [1.54, 1.807) is 0 Å². The van der Waals surface area contributed by atoms with Gasteiger partial charge in [0.25, 0.3) is 11.8 Å². The number of nitrogens with one attached hydrogen (secondary N) is 2. The molecule has 0 spiro atoms. The van der Waals surface area contributed by atoms with Gasteiger partial charge >= 0.3 is 0 Å². The molecule has 0 saturated carbocycles. The zero-order valence-corrected chi connectivity index (χ0v) is 33.8. The molecule has 2 aromatic heterocycles. The Morgan fingerprint density at radius 2 is 1.33 bits per heavy atom. The zero-order valence-electron chi connectivity index (χ0n) is 33.8. The molecule has 0 aliphatic heterocycles. The lowest BCUT2D eigenvalue weighted by atomic mass is 9.98. The van der Waals surface area contributed by atoms with Crippen LogP contribution in [0.1, 0.15) is 95.1 Å². The van der Waals surface area contributed by atoms with Crippen molar-refractivity contribution in [3.63, 3.8) is 0 Å². The second-order valence-electron chi connectivity index (χ2n) is 15.2. The van der Waals surface area contributed by atoms with Gasteiger partial charge in [-0.3, -0.25) is 9.59 Å². The van der Waals surface area contributed by atoms with Gasteiger partial charge in [-0.25, -0.2) is 9.97 Å². The summed E-state index contributed by atoms with van der Waals surface area (Å²) < 4.78 is 4.53. The van der Waals surface area contributed by atoms with Gasteiger partial charge in [0, 0.05) is 49.8 Å². The van der Waals surface area contributed by atoms with Gasteiger partial charge in [0.05, 0.1) is 22.1 Å². The van der Waals surface area contributed by atoms with Crippen molar-refractivity contribution >= 4 is 33.9 Å². The number of unbranched alkanes of at least 4 members (excludes halogenated alkanes) is 5. The average Bonchev–Trinajstić information content (AvgIpc) is 3.75. The molecule has 2 heterocycles. The highest BCUT2D eigenvalue weighted by Gasteiger charge is 2.18. The van der Waals surface area contributed by atoms with Gasteiger partial charge in [0.15, 0.2) is 0 Å². The Bertz CT molecular complexity index is 2480. The van der Waals surface area contributed by atoms with Gasteiger partial charge in [-0.2, -0.15) is 0 Å². The molecule has 57 heavy (non-hydrogen) atoms. The summed E-state index contributed by atoms with van der Waals surface area (Å²) in [6, 6.07) is 36.8. The average molecular weight is 759 g/mol. The molecule has 292 valence electrons. The molecule has 8 nitrogen and oxygen atoms in total. The first-order valence-corrected chi connectivity index (χ1v) is 20.5. The minimum atomic E-state index is -0.0418. The number of hydrogen-bond acceptors (Lipinski definition) is 4. The molecule has 8 heteroatoms. The summed E-state index contributed by atoms with van der Waals surface area (Å²) in [4.78, 5) is 35.8. The summed E-state index contributed by atoms with van der Waals surface area (Å²) in [7, 11) is 2.08. The van der Waals surface area contributed by atoms with E-state index in [9.17, 15) is 9.59 Å². The van der Waals surface area contributed by atoms with E-state index in [2.05, 4.69) is 95.3 Å². The monoisotopic (exact) mass is 758 g/mol. The number of benzene rings is 5. The van der Waals surface area contributed by atoms with Crippen LogP contribution in [0.15, 0.2) is 109 Å². The number of para-hydroxylation sites is 2. The summed E-state index contributed by atoms with van der Waals surface area (Å²) in [6.07, 6.45) is 8.19. The first-order chi connectivity index (χ1) is 27.8. The molecular formula is C49H54N6O2. The topological polar surface area (TPSA) is 93.8 Å². The number of aryl methyl sites for hydroxylation is 4. The quantitative estimate of drug-likeness (QED) is 0.0905. The van der Waals surface area contributed by atoms with Crippen LogP contribution in [0.25, 0.3) is 44.6 Å². The van der Waals surface area contributed by atoms with Crippen molar-refractivity contribution in [1.29, 1.82) is 0 Å². The Hall–Kier alpha value is -6.02. The third kappa shape index (κ3) is 9.18. The maximum atomic E-state index is 13.4. The number of amides is 2. The summed E-state index contributed by atoms with van der Waals surface area (Å²) in [6.45, 7) is 8.40. The van der Waals surface area contributed by atoms with Gasteiger partial charge < -0.3 is 19.8 Å². The van der Waals surface area contributed by atoms with E-state index in [1.807, 2.05) is 61.5 Å². The van der Waals surface area contributed by atoms with Crippen LogP contribution < -0.4 is 10.6 Å². The molecule has 7 rings (SSSR count). The molecule has 2 amide bonds. The molecular weight excluding hydrogens is 705 g/mol. The molecule has 2 N–H and O–H groups in total. The van der Waals surface area contributed by atoms with Gasteiger partial charge in [0.1, 0.15) is 11.6 Å². The summed E-state index contributed by atoms with van der Waals surface area (Å²) in [5.41, 5.74) is 12.2. The highest BCUT2D eigenvalue weighted by Crippen LogP contribution is 2.31. The standard InChI is InChI=1S/C49H54N6O2/c1-5-16-45-53-46-35(3)31-39(47-52-42-19-12-13-20-43(42)54(47)4)32-44(46)55(45)33-36-23-27-37(28-24-36)40-17-10-11-18-41(40)49(57)51-30-15-9-7-6-8-14-29-50-48(56)38-25-21-34(2)22-26-38/h10-13,17-28,31-32H,5-9,14-16,29-30,33H2,1-4H3,(H,50,56)(H,51,57). The number of hydrogen-bond donors (Lipinski definition) is 2. The third-order valence-corrected chi connectivity index (χ3v) is 10.9. The highest BCUT2D eigenvalue weighted by atomic mass is 16.2. The maximum Gasteiger partial charge on any atom is 0.251 e. The second kappa shape index (κ2) is 18.3. The predicted octanol–water partition coefficient (Wildman–Crippen LogP) is 10.4. The minimum absolute atomic E-state index is 0.00918. The van der Waals surface area contributed by atoms with E-state index in [1.165, 1.54) is 5.56 Å². The molecule has 0 radical (unpaired) electrons. The number of carbonyl (C=O) groups excluding carboxylic acids is 2. The van der Waals surface area contributed by atoms with Gasteiger partial charge in [0.2, 0.25) is 0 Å². The van der Waals surface area contributed by atoms with Crippen molar-refractivity contribution in [3.8, 4) is 22.5 Å². The van der Waals surface area contributed by atoms with E-state index in [0.29, 0.717) is 30.8 Å². The molecule has 7 aromatic rings. The van der Waals surface area contributed by atoms with E-state index < -0.39 is 0 Å². The fourth-order valence-electron chi connectivity index (χ4n) is 7.73. The van der Waals surface area contributed by atoms with E-state index in [0.717, 1.165) is 113 Å². The second-order valence-corrected chi connectivity index (χ2v) is 15.2. The third-order valence-electron chi connectivity index (χ3n) is 10.9. The smallest absolute Gasteiger partial charge is 0.251 e. The molecule has 0 saturated heterocycles. The lowest BCUT2D eigenvalue weighted by molar-refractivity contribution is 0.0944. The number of rotatable bonds is 17. The SMILES string of the molecule is CCCc1nc2c(C)cc(-c3nc4ccccc4n3C)cc2n1Cc1ccc(-c2ccccc2C(=O)NCCCCCCCCNC(=O)c2ccc(C)cc2)cc1. The zero-order chi connectivity index (χ0) is 39.7. The molecule has 0 aliphatic carbocycles. The first kappa shape index (κ1) is 39.2. The highest BCUT2D eigenvalue weighted by molar-refractivity contribution is 6.01. The molecule has 0 fully saturated rings. The van der Waals surface area contributed by atoms with E-state index in [-0.39, 0.29) is 11.8 Å². The fraction of sp³-hybridized carbons (Fsp3) is 0.306. The van der Waals surface area contributed by atoms with Crippen molar-refractivity contribution in [2.24, 2.45) is 7.05 Å². The first-order valence-electron chi connectivity index (χ1n) is 20.5. The van der Waals surface area contributed by atoms with Crippen LogP contribution in [0.3, 0.4) is 0 Å². The van der Waals surface area contributed by atoms with Crippen LogP contribution in [-0.4, -0.2) is 44.0 Å². The van der Waals surface area contributed by atoms with Gasteiger partial charge in [-0.15, -0.1) is 0 Å². The van der Waals surface area contributed by atoms with Crippen LogP contribution in [-0.2, 0) is 20.0 Å². The van der Waals surface area contributed by atoms with E-state index in [4.69, 9.17) is 9.97 Å². The molecule has 0 unspecified atom stereocenters. The Morgan fingerprint density at radius 3 is 2.05 bits per heavy atom. The number of carbonyl (C=O) groups is 2. The Morgan fingerprint density at radius 1 is 0.667 bits per heavy atom. The van der Waals surface area contributed by atoms with Crippen LogP contribution in [0.5, 0.6) is 0 Å². The number of imidazole rings is 2. The van der Waals surface area contributed by atoms with Crippen molar-refractivity contribution in [2.45, 2.75) is 78.7 Å². The predicted molar refractivity (Wildman–Crippen MR) is 233 cm³/mol. The normalized spacial score (nSPS) is 11.4. The van der Waals surface area contributed by atoms with Crippen LogP contribution in [0, 0.1) is 13.8 Å². The summed E-state index contributed by atoms with van der Waals surface area (Å²) >= 11 is 0. The summed E-state index contributed by atoms with van der Waals surface area (Å²) in [5.74, 6) is 1.98. The number of aromatic nitrogens is 4. The molecule has 0 atom stereocenters. The Balaban J connectivity index is 0.942. The molecule has 0 aliphatic rings. The largest absolute Gasteiger partial charge is 0.352 e. The lowest BCUT2D eigenvalue weighted by Gasteiger charge is -2.13. The lowest BCUT2D eigenvalue weighted by Crippen LogP contribution is -2.25.